The molecule has 0 atom stereocenters. The minimum atomic E-state index is -3.69. The van der Waals surface area contributed by atoms with Gasteiger partial charge in [0.15, 0.2) is 11.5 Å². The van der Waals surface area contributed by atoms with Gasteiger partial charge in [0.25, 0.3) is 0 Å². The number of fused-ring (bicyclic) bond motifs is 1. The lowest BCUT2D eigenvalue weighted by molar-refractivity contribution is -0.286. The molecular formula is C12H10F2N2O4S. The van der Waals surface area contributed by atoms with Crippen LogP contribution in [-0.2, 0) is 9.59 Å². The fourth-order valence-corrected chi connectivity index (χ4v) is 2.85. The number of alkyl halides is 2. The third kappa shape index (κ3) is 3.02. The van der Waals surface area contributed by atoms with Gasteiger partial charge in [-0.25, -0.2) is 0 Å². The molecule has 112 valence electrons. The number of ether oxygens (including phenoxy) is 2. The lowest BCUT2D eigenvalue weighted by atomic mass is 10.2. The van der Waals surface area contributed by atoms with Crippen LogP contribution in [0.1, 0.15) is 0 Å². The van der Waals surface area contributed by atoms with Gasteiger partial charge in [0, 0.05) is 11.8 Å². The first-order valence-electron chi connectivity index (χ1n) is 5.98. The summed E-state index contributed by atoms with van der Waals surface area (Å²) in [5, 5.41) is 2.52. The molecule has 2 heterocycles. The molecule has 2 aliphatic rings. The Bertz CT molecular complexity index is 611. The van der Waals surface area contributed by atoms with E-state index < -0.39 is 12.2 Å². The Morgan fingerprint density at radius 3 is 2.86 bits per heavy atom. The fourth-order valence-electron chi connectivity index (χ4n) is 1.94. The summed E-state index contributed by atoms with van der Waals surface area (Å²) in [4.78, 5) is 24.6. The van der Waals surface area contributed by atoms with Gasteiger partial charge in [-0.2, -0.15) is 0 Å². The summed E-state index contributed by atoms with van der Waals surface area (Å²) in [6.07, 6.45) is -3.69. The van der Waals surface area contributed by atoms with E-state index >= 15 is 0 Å². The van der Waals surface area contributed by atoms with Crippen molar-refractivity contribution in [1.82, 2.24) is 4.90 Å². The predicted molar refractivity (Wildman–Crippen MR) is 70.3 cm³/mol. The van der Waals surface area contributed by atoms with Gasteiger partial charge >= 0.3 is 6.29 Å². The van der Waals surface area contributed by atoms with Crippen LogP contribution in [0.15, 0.2) is 18.2 Å². The monoisotopic (exact) mass is 316 g/mol. The topological polar surface area (TPSA) is 67.9 Å². The molecule has 0 spiro atoms. The summed E-state index contributed by atoms with van der Waals surface area (Å²) in [6, 6.07) is 3.94. The van der Waals surface area contributed by atoms with Crippen molar-refractivity contribution in [3.8, 4) is 11.5 Å². The van der Waals surface area contributed by atoms with Gasteiger partial charge in [0.05, 0.1) is 11.6 Å². The van der Waals surface area contributed by atoms with Crippen LogP contribution in [0.3, 0.4) is 0 Å². The number of amides is 2. The molecule has 0 bridgehead atoms. The number of carbonyl (C=O) groups is 2. The quantitative estimate of drug-likeness (QED) is 0.915. The third-order valence-corrected chi connectivity index (χ3v) is 3.79. The highest BCUT2D eigenvalue weighted by Crippen LogP contribution is 2.42. The molecule has 0 aliphatic carbocycles. The van der Waals surface area contributed by atoms with Crippen LogP contribution in [-0.4, -0.2) is 41.2 Å². The lowest BCUT2D eigenvalue weighted by Crippen LogP contribution is -2.34. The number of nitrogens with zero attached hydrogens (tertiary/aromatic N) is 1. The van der Waals surface area contributed by atoms with Crippen LogP contribution in [0.25, 0.3) is 0 Å². The van der Waals surface area contributed by atoms with Crippen molar-refractivity contribution in [2.75, 3.05) is 23.5 Å². The molecule has 0 radical (unpaired) electrons. The third-order valence-electron chi connectivity index (χ3n) is 2.84. The number of rotatable bonds is 3. The highest BCUT2D eigenvalue weighted by Gasteiger charge is 2.43. The smallest absolute Gasteiger partial charge is 0.395 e. The van der Waals surface area contributed by atoms with Crippen LogP contribution in [0.4, 0.5) is 14.5 Å². The molecule has 2 amide bonds. The van der Waals surface area contributed by atoms with Crippen molar-refractivity contribution < 1.29 is 27.8 Å². The van der Waals surface area contributed by atoms with Crippen molar-refractivity contribution in [2.24, 2.45) is 0 Å². The largest absolute Gasteiger partial charge is 0.586 e. The Hall–Kier alpha value is -2.03. The van der Waals surface area contributed by atoms with E-state index in [1.165, 1.54) is 34.9 Å². The normalized spacial score (nSPS) is 19.0. The molecule has 3 rings (SSSR count). The molecule has 1 N–H and O–H groups in total. The van der Waals surface area contributed by atoms with Gasteiger partial charge in [-0.15, -0.1) is 20.5 Å². The van der Waals surface area contributed by atoms with Gasteiger partial charge in [0.2, 0.25) is 11.8 Å². The first kappa shape index (κ1) is 13.9. The Labute approximate surface area is 122 Å². The summed E-state index contributed by atoms with van der Waals surface area (Å²) < 4.78 is 34.3. The summed E-state index contributed by atoms with van der Waals surface area (Å²) in [6.45, 7) is -0.0730. The maximum atomic E-state index is 12.9. The molecule has 9 heteroatoms. The highest BCUT2D eigenvalue weighted by molar-refractivity contribution is 8.00. The van der Waals surface area contributed by atoms with E-state index in [1.54, 1.807) is 0 Å². The van der Waals surface area contributed by atoms with Crippen LogP contribution in [0, 0.1) is 0 Å². The van der Waals surface area contributed by atoms with E-state index in [9.17, 15) is 18.4 Å². The molecule has 0 aromatic heterocycles. The number of carbonyl (C=O) groups excluding carboxylic acids is 2. The minimum Gasteiger partial charge on any atom is -0.395 e. The maximum Gasteiger partial charge on any atom is 0.586 e. The second-order valence-electron chi connectivity index (χ2n) is 4.45. The molecule has 0 saturated carbocycles. The number of halogens is 2. The molecule has 6 nitrogen and oxygen atoms in total. The Morgan fingerprint density at radius 2 is 2.14 bits per heavy atom. The first-order chi connectivity index (χ1) is 9.93. The Balaban J connectivity index is 1.64. The van der Waals surface area contributed by atoms with E-state index in [4.69, 9.17) is 0 Å². The maximum absolute atomic E-state index is 12.9. The number of benzene rings is 1. The van der Waals surface area contributed by atoms with E-state index in [2.05, 4.69) is 14.8 Å². The second kappa shape index (κ2) is 5.06. The Morgan fingerprint density at radius 1 is 1.38 bits per heavy atom. The zero-order chi connectivity index (χ0) is 15.0. The molecule has 0 unspecified atom stereocenters. The Kier molecular flexibility index (Phi) is 3.36. The predicted octanol–water partition coefficient (Wildman–Crippen LogP) is 1.48. The van der Waals surface area contributed by atoms with Crippen LogP contribution >= 0.6 is 11.8 Å². The molecule has 1 aromatic carbocycles. The van der Waals surface area contributed by atoms with Crippen molar-refractivity contribution in [3.05, 3.63) is 18.2 Å². The molecule has 1 aromatic rings. The standard InChI is InChI=1S/C12H10F2N2O4S/c13-12(14)19-8-2-1-7(3-9(8)20-12)15-10(17)4-16-6-21-5-11(16)18/h1-3H,4-6H2,(H,15,17). The first-order valence-corrected chi connectivity index (χ1v) is 7.14. The average Bonchev–Trinajstić information content (AvgIpc) is 2.91. The van der Waals surface area contributed by atoms with Crippen molar-refractivity contribution >= 4 is 29.3 Å². The number of hydrogen-bond donors (Lipinski definition) is 1. The van der Waals surface area contributed by atoms with Crippen LogP contribution in [0.5, 0.6) is 11.5 Å². The van der Waals surface area contributed by atoms with Gasteiger partial charge in [-0.05, 0) is 12.1 Å². The zero-order valence-electron chi connectivity index (χ0n) is 10.6. The van der Waals surface area contributed by atoms with E-state index in [1.807, 2.05) is 0 Å². The molecular weight excluding hydrogens is 306 g/mol. The summed E-state index contributed by atoms with van der Waals surface area (Å²) in [5.74, 6) is 0.0955. The van der Waals surface area contributed by atoms with Crippen molar-refractivity contribution in [3.63, 3.8) is 0 Å². The SMILES string of the molecule is O=C(CN1CSCC1=O)Nc1ccc2c(c1)OC(F)(F)O2. The number of thioether (sulfide) groups is 1. The number of hydrogen-bond acceptors (Lipinski definition) is 5. The van der Waals surface area contributed by atoms with Gasteiger partial charge in [-0.1, -0.05) is 0 Å². The summed E-state index contributed by atoms with van der Waals surface area (Å²) in [5.41, 5.74) is 0.291. The van der Waals surface area contributed by atoms with E-state index in [0.717, 1.165) is 0 Å². The van der Waals surface area contributed by atoms with Crippen LogP contribution in [0.2, 0.25) is 0 Å². The summed E-state index contributed by atoms with van der Waals surface area (Å²) in [7, 11) is 0. The number of nitrogens with one attached hydrogen (secondary N) is 1. The molecule has 1 saturated heterocycles. The second-order valence-corrected chi connectivity index (χ2v) is 5.40. The van der Waals surface area contributed by atoms with Gasteiger partial charge < -0.3 is 19.7 Å². The molecule has 2 aliphatic heterocycles. The minimum absolute atomic E-state index is 0.0730. The highest BCUT2D eigenvalue weighted by atomic mass is 32.2. The van der Waals surface area contributed by atoms with Crippen LogP contribution < -0.4 is 14.8 Å². The molecule has 21 heavy (non-hydrogen) atoms. The summed E-state index contributed by atoms with van der Waals surface area (Å²) >= 11 is 1.43. The van der Waals surface area contributed by atoms with E-state index in [0.29, 0.717) is 17.3 Å². The number of anilines is 1. The van der Waals surface area contributed by atoms with E-state index in [-0.39, 0.29) is 24.0 Å². The lowest BCUT2D eigenvalue weighted by Gasteiger charge is -2.14. The van der Waals surface area contributed by atoms with Crippen molar-refractivity contribution in [2.45, 2.75) is 6.29 Å². The van der Waals surface area contributed by atoms with Crippen molar-refractivity contribution in [1.29, 1.82) is 0 Å². The fraction of sp³-hybridized carbons (Fsp3) is 0.333. The van der Waals surface area contributed by atoms with Gasteiger partial charge in [0.1, 0.15) is 6.54 Å². The zero-order valence-corrected chi connectivity index (χ0v) is 11.4. The molecule has 1 fully saturated rings. The average molecular weight is 316 g/mol. The van der Waals surface area contributed by atoms with Gasteiger partial charge in [-0.3, -0.25) is 9.59 Å².